The Balaban J connectivity index is 1.81. The fourth-order valence-electron chi connectivity index (χ4n) is 1.53. The third-order valence-electron chi connectivity index (χ3n) is 2.54. The van der Waals surface area contributed by atoms with Crippen LogP contribution in [-0.4, -0.2) is 30.5 Å². The van der Waals surface area contributed by atoms with Crippen LogP contribution in [0.25, 0.3) is 0 Å². The highest BCUT2D eigenvalue weighted by molar-refractivity contribution is 6.32. The first kappa shape index (κ1) is 14.2. The molecule has 0 saturated carbocycles. The maximum atomic E-state index is 11.2. The highest BCUT2D eigenvalue weighted by atomic mass is 35.5. The fraction of sp³-hybridized carbons (Fsp3) is 0.231. The first-order valence-corrected chi connectivity index (χ1v) is 6.32. The number of methoxy groups -OCH3 is 1. The molecule has 2 aromatic rings. The van der Waals surface area contributed by atoms with Crippen LogP contribution in [0, 0.1) is 0 Å². The molecule has 0 aliphatic carbocycles. The van der Waals surface area contributed by atoms with Gasteiger partial charge in [0.05, 0.1) is 19.0 Å². The number of hydrogen-bond acceptors (Lipinski definition) is 5. The minimum absolute atomic E-state index is 0.0875. The number of nitrogens with one attached hydrogen (secondary N) is 2. The van der Waals surface area contributed by atoms with Crippen molar-refractivity contribution >= 4 is 17.3 Å². The first-order valence-electron chi connectivity index (χ1n) is 5.94. The summed E-state index contributed by atoms with van der Waals surface area (Å²) < 4.78 is 10.6. The molecule has 1 heterocycles. The number of rotatable bonds is 6. The molecule has 0 aliphatic rings. The maximum absolute atomic E-state index is 11.2. The van der Waals surface area contributed by atoms with E-state index in [1.807, 2.05) is 24.3 Å². The highest BCUT2D eigenvalue weighted by Gasteiger charge is 2.03. The van der Waals surface area contributed by atoms with Gasteiger partial charge in [-0.1, -0.05) is 11.6 Å². The average molecular weight is 296 g/mol. The van der Waals surface area contributed by atoms with Gasteiger partial charge in [0, 0.05) is 6.54 Å². The molecule has 20 heavy (non-hydrogen) atoms. The van der Waals surface area contributed by atoms with E-state index in [2.05, 4.69) is 15.5 Å². The summed E-state index contributed by atoms with van der Waals surface area (Å²) in [6.07, 6.45) is 1.46. The summed E-state index contributed by atoms with van der Waals surface area (Å²) in [5.74, 6) is 1.51. The van der Waals surface area contributed by atoms with Gasteiger partial charge in [-0.15, -0.1) is 0 Å². The van der Waals surface area contributed by atoms with Gasteiger partial charge < -0.3 is 14.8 Å². The summed E-state index contributed by atoms with van der Waals surface area (Å²) >= 11 is 5.82. The predicted octanol–water partition coefficient (Wildman–Crippen LogP) is 1.92. The molecule has 0 bridgehead atoms. The van der Waals surface area contributed by atoms with Crippen molar-refractivity contribution in [3.05, 3.63) is 45.8 Å². The standard InChI is InChI=1S/C13H14ClN3O3/c1-19-9-2-4-10(5-3-9)20-7-6-15-11-8-16-17-13(18)12(11)14/h2-5,8H,6-7H2,1H3,(H2,15,17,18). The van der Waals surface area contributed by atoms with E-state index in [1.54, 1.807) is 7.11 Å². The van der Waals surface area contributed by atoms with Crippen molar-refractivity contribution in [3.8, 4) is 11.5 Å². The lowest BCUT2D eigenvalue weighted by Crippen LogP contribution is -2.16. The SMILES string of the molecule is COc1ccc(OCCNc2cn[nH]c(=O)c2Cl)cc1. The lowest BCUT2D eigenvalue weighted by atomic mass is 10.3. The molecule has 0 saturated heterocycles. The van der Waals surface area contributed by atoms with E-state index < -0.39 is 5.56 Å². The largest absolute Gasteiger partial charge is 0.497 e. The summed E-state index contributed by atoms with van der Waals surface area (Å²) in [5.41, 5.74) is 0.0569. The van der Waals surface area contributed by atoms with Crippen LogP contribution in [0.5, 0.6) is 11.5 Å². The number of H-pyrrole nitrogens is 1. The first-order chi connectivity index (χ1) is 9.70. The Morgan fingerprint density at radius 3 is 2.70 bits per heavy atom. The van der Waals surface area contributed by atoms with Crippen molar-refractivity contribution in [3.63, 3.8) is 0 Å². The fourth-order valence-corrected chi connectivity index (χ4v) is 1.69. The predicted molar refractivity (Wildman–Crippen MR) is 76.8 cm³/mol. The summed E-state index contributed by atoms with van der Waals surface area (Å²) in [6.45, 7) is 0.923. The molecule has 1 aromatic carbocycles. The highest BCUT2D eigenvalue weighted by Crippen LogP contribution is 2.17. The van der Waals surface area contributed by atoms with E-state index in [-0.39, 0.29) is 5.02 Å². The number of aromatic amines is 1. The molecule has 0 spiro atoms. The minimum atomic E-state index is -0.423. The Bertz CT molecular complexity index is 613. The van der Waals surface area contributed by atoms with E-state index in [0.29, 0.717) is 18.8 Å². The van der Waals surface area contributed by atoms with Crippen LogP contribution in [0.3, 0.4) is 0 Å². The van der Waals surface area contributed by atoms with E-state index in [4.69, 9.17) is 21.1 Å². The van der Waals surface area contributed by atoms with E-state index in [9.17, 15) is 4.79 Å². The van der Waals surface area contributed by atoms with Crippen molar-refractivity contribution in [1.82, 2.24) is 10.2 Å². The molecule has 106 valence electrons. The van der Waals surface area contributed by atoms with Gasteiger partial charge in [-0.2, -0.15) is 5.10 Å². The second kappa shape index (κ2) is 6.81. The summed E-state index contributed by atoms with van der Waals surface area (Å²) in [4.78, 5) is 11.2. The molecule has 1 aromatic heterocycles. The van der Waals surface area contributed by atoms with Gasteiger partial charge >= 0.3 is 0 Å². The van der Waals surface area contributed by atoms with Crippen molar-refractivity contribution in [2.24, 2.45) is 0 Å². The molecule has 0 aliphatic heterocycles. The van der Waals surface area contributed by atoms with Crippen LogP contribution >= 0.6 is 11.6 Å². The second-order valence-electron chi connectivity index (χ2n) is 3.88. The van der Waals surface area contributed by atoms with E-state index in [0.717, 1.165) is 11.5 Å². The number of nitrogens with zero attached hydrogens (tertiary/aromatic N) is 1. The normalized spacial score (nSPS) is 10.1. The Morgan fingerprint density at radius 1 is 1.30 bits per heavy atom. The summed E-state index contributed by atoms with van der Waals surface area (Å²) in [7, 11) is 1.61. The third kappa shape index (κ3) is 3.64. The molecule has 6 nitrogen and oxygen atoms in total. The molecule has 0 unspecified atom stereocenters. The van der Waals surface area contributed by atoms with Crippen molar-refractivity contribution in [1.29, 1.82) is 0 Å². The van der Waals surface area contributed by atoms with Crippen LogP contribution in [-0.2, 0) is 0 Å². The van der Waals surface area contributed by atoms with Crippen LogP contribution in [0.15, 0.2) is 35.3 Å². The Hall–Kier alpha value is -2.21. The topological polar surface area (TPSA) is 76.2 Å². The maximum Gasteiger partial charge on any atom is 0.285 e. The molecule has 0 radical (unpaired) electrons. The Labute approximate surface area is 120 Å². The van der Waals surface area contributed by atoms with Gasteiger partial charge in [0.1, 0.15) is 23.1 Å². The van der Waals surface area contributed by atoms with Gasteiger partial charge in [-0.05, 0) is 24.3 Å². The number of hydrogen-bond donors (Lipinski definition) is 2. The Morgan fingerprint density at radius 2 is 2.00 bits per heavy atom. The molecule has 0 fully saturated rings. The van der Waals surface area contributed by atoms with E-state index in [1.165, 1.54) is 6.20 Å². The van der Waals surface area contributed by atoms with Crippen LogP contribution in [0.2, 0.25) is 5.02 Å². The zero-order valence-corrected chi connectivity index (χ0v) is 11.6. The van der Waals surface area contributed by atoms with Crippen molar-refractivity contribution in [2.75, 3.05) is 25.6 Å². The molecule has 0 amide bonds. The van der Waals surface area contributed by atoms with Crippen LogP contribution in [0.1, 0.15) is 0 Å². The van der Waals surface area contributed by atoms with Gasteiger partial charge in [0.15, 0.2) is 0 Å². The van der Waals surface area contributed by atoms with Gasteiger partial charge in [-0.25, -0.2) is 5.10 Å². The van der Waals surface area contributed by atoms with Crippen molar-refractivity contribution < 1.29 is 9.47 Å². The molecule has 7 heteroatoms. The van der Waals surface area contributed by atoms with Gasteiger partial charge in [0.2, 0.25) is 0 Å². The smallest absolute Gasteiger partial charge is 0.285 e. The summed E-state index contributed by atoms with van der Waals surface area (Å²) in [5, 5.41) is 8.98. The third-order valence-corrected chi connectivity index (χ3v) is 2.92. The molecule has 0 atom stereocenters. The van der Waals surface area contributed by atoms with Crippen LogP contribution < -0.4 is 20.3 Å². The summed E-state index contributed by atoms with van der Waals surface area (Å²) in [6, 6.07) is 7.28. The van der Waals surface area contributed by atoms with Gasteiger partial charge in [-0.3, -0.25) is 4.79 Å². The number of ether oxygens (including phenoxy) is 2. The zero-order chi connectivity index (χ0) is 14.4. The lowest BCUT2D eigenvalue weighted by Gasteiger charge is -2.09. The number of anilines is 1. The molecular weight excluding hydrogens is 282 g/mol. The second-order valence-corrected chi connectivity index (χ2v) is 4.26. The molecule has 2 N–H and O–H groups in total. The monoisotopic (exact) mass is 295 g/mol. The van der Waals surface area contributed by atoms with Crippen molar-refractivity contribution in [2.45, 2.75) is 0 Å². The number of benzene rings is 1. The molecular formula is C13H14ClN3O3. The minimum Gasteiger partial charge on any atom is -0.497 e. The lowest BCUT2D eigenvalue weighted by molar-refractivity contribution is 0.331. The quantitative estimate of drug-likeness (QED) is 0.796. The van der Waals surface area contributed by atoms with Gasteiger partial charge in [0.25, 0.3) is 5.56 Å². The van der Waals surface area contributed by atoms with Crippen LogP contribution in [0.4, 0.5) is 5.69 Å². The zero-order valence-electron chi connectivity index (χ0n) is 10.9. The number of halogens is 1. The average Bonchev–Trinajstić information content (AvgIpc) is 2.48. The molecule has 2 rings (SSSR count). The number of aromatic nitrogens is 2. The Kier molecular flexibility index (Phi) is 4.84. The van der Waals surface area contributed by atoms with E-state index >= 15 is 0 Å².